The van der Waals surface area contributed by atoms with E-state index in [1.807, 2.05) is 0 Å². The molecule has 0 heterocycles. The molecule has 1 rings (SSSR count). The fourth-order valence-electron chi connectivity index (χ4n) is 1.10. The number of ether oxygens (including phenoxy) is 2. The van der Waals surface area contributed by atoms with Crippen LogP contribution in [0, 0.1) is 0 Å². The molecule has 0 bridgehead atoms. The van der Waals surface area contributed by atoms with E-state index >= 15 is 0 Å². The van der Waals surface area contributed by atoms with Gasteiger partial charge in [-0.3, -0.25) is 0 Å². The Balaban J connectivity index is 3.05. The van der Waals surface area contributed by atoms with Gasteiger partial charge in [0.1, 0.15) is 11.5 Å². The average Bonchev–Trinajstić information content (AvgIpc) is 2.28. The number of esters is 1. The maximum atomic E-state index is 10.9. The summed E-state index contributed by atoms with van der Waals surface area (Å²) in [6.45, 7) is 0. The summed E-state index contributed by atoms with van der Waals surface area (Å²) in [5.41, 5.74) is 0.449. The van der Waals surface area contributed by atoms with E-state index in [1.165, 1.54) is 14.2 Å². The number of methoxy groups -OCH3 is 2. The van der Waals surface area contributed by atoms with Gasteiger partial charge in [-0.15, -0.1) is 0 Å². The zero-order valence-electron chi connectivity index (χ0n) is 8.56. The van der Waals surface area contributed by atoms with E-state index in [9.17, 15) is 9.90 Å². The molecule has 4 heteroatoms. The van der Waals surface area contributed by atoms with Crippen LogP contribution in [-0.4, -0.2) is 25.3 Å². The smallest absolute Gasteiger partial charge is 0.334 e. The molecule has 0 atom stereocenters. The van der Waals surface area contributed by atoms with Gasteiger partial charge in [0.15, 0.2) is 0 Å². The van der Waals surface area contributed by atoms with Crippen LogP contribution in [0.1, 0.15) is 5.56 Å². The summed E-state index contributed by atoms with van der Waals surface area (Å²) in [5.74, 6) is -0.298. The fourth-order valence-corrected chi connectivity index (χ4v) is 1.10. The van der Waals surface area contributed by atoms with Crippen molar-refractivity contribution in [2.75, 3.05) is 14.2 Å². The maximum Gasteiger partial charge on any atom is 0.334 e. The number of benzene rings is 1. The van der Waals surface area contributed by atoms with E-state index < -0.39 is 5.97 Å². The van der Waals surface area contributed by atoms with Crippen LogP contribution in [0.3, 0.4) is 0 Å². The molecular formula is C11H12O4. The van der Waals surface area contributed by atoms with Crippen molar-refractivity contribution in [3.63, 3.8) is 0 Å². The van der Waals surface area contributed by atoms with Crippen LogP contribution in [0.25, 0.3) is 5.76 Å². The van der Waals surface area contributed by atoms with Gasteiger partial charge < -0.3 is 14.6 Å². The largest absolute Gasteiger partial charge is 0.507 e. The van der Waals surface area contributed by atoms with Gasteiger partial charge in [0.05, 0.1) is 25.9 Å². The molecule has 0 fully saturated rings. The summed E-state index contributed by atoms with van der Waals surface area (Å²) < 4.78 is 9.43. The van der Waals surface area contributed by atoms with Gasteiger partial charge in [-0.05, 0) is 12.1 Å². The molecule has 1 N–H and O–H groups in total. The minimum atomic E-state index is -0.613. The van der Waals surface area contributed by atoms with E-state index in [0.717, 1.165) is 6.08 Å². The van der Waals surface area contributed by atoms with Crippen LogP contribution in [0.15, 0.2) is 30.3 Å². The lowest BCUT2D eigenvalue weighted by molar-refractivity contribution is -0.134. The van der Waals surface area contributed by atoms with E-state index in [0.29, 0.717) is 11.3 Å². The van der Waals surface area contributed by atoms with Gasteiger partial charge in [0, 0.05) is 0 Å². The first kappa shape index (κ1) is 11.1. The Morgan fingerprint density at radius 3 is 2.60 bits per heavy atom. The van der Waals surface area contributed by atoms with Crippen molar-refractivity contribution in [2.45, 2.75) is 0 Å². The van der Waals surface area contributed by atoms with Gasteiger partial charge in [-0.25, -0.2) is 4.79 Å². The van der Waals surface area contributed by atoms with Crippen molar-refractivity contribution in [2.24, 2.45) is 0 Å². The molecule has 1 aromatic carbocycles. The lowest BCUT2D eigenvalue weighted by Crippen LogP contribution is -1.98. The quantitative estimate of drug-likeness (QED) is 0.467. The third-order valence-corrected chi connectivity index (χ3v) is 1.84. The van der Waals surface area contributed by atoms with Crippen molar-refractivity contribution in [1.82, 2.24) is 0 Å². The number of rotatable bonds is 3. The second-order valence-electron chi connectivity index (χ2n) is 2.75. The predicted octanol–water partition coefficient (Wildman–Crippen LogP) is 1.77. The SMILES string of the molecule is COC(=O)C=C(O)c1ccccc1OC. The number of carbonyl (C=O) groups excluding carboxylic acids is 1. The van der Waals surface area contributed by atoms with Crippen molar-refractivity contribution in [1.29, 1.82) is 0 Å². The Morgan fingerprint density at radius 2 is 2.00 bits per heavy atom. The van der Waals surface area contributed by atoms with Crippen molar-refractivity contribution < 1.29 is 19.4 Å². The van der Waals surface area contributed by atoms with Crippen LogP contribution in [0.4, 0.5) is 0 Å². The molecule has 0 saturated carbocycles. The molecule has 0 aliphatic heterocycles. The first-order chi connectivity index (χ1) is 7.19. The van der Waals surface area contributed by atoms with E-state index in [4.69, 9.17) is 4.74 Å². The Morgan fingerprint density at radius 1 is 1.33 bits per heavy atom. The molecule has 80 valence electrons. The number of aliphatic hydroxyl groups excluding tert-OH is 1. The topological polar surface area (TPSA) is 55.8 Å². The summed E-state index contributed by atoms with van der Waals surface area (Å²) >= 11 is 0. The van der Waals surface area contributed by atoms with Crippen molar-refractivity contribution in [3.8, 4) is 5.75 Å². The van der Waals surface area contributed by atoms with Crippen molar-refractivity contribution in [3.05, 3.63) is 35.9 Å². The Kier molecular flexibility index (Phi) is 3.74. The fraction of sp³-hybridized carbons (Fsp3) is 0.182. The summed E-state index contributed by atoms with van der Waals surface area (Å²) in [4.78, 5) is 10.9. The normalized spacial score (nSPS) is 10.9. The average molecular weight is 208 g/mol. The third kappa shape index (κ3) is 2.74. The molecule has 0 unspecified atom stereocenters. The van der Waals surface area contributed by atoms with E-state index in [-0.39, 0.29) is 5.76 Å². The van der Waals surface area contributed by atoms with Gasteiger partial charge in [-0.1, -0.05) is 12.1 Å². The third-order valence-electron chi connectivity index (χ3n) is 1.84. The Hall–Kier alpha value is -1.97. The highest BCUT2D eigenvalue weighted by Crippen LogP contribution is 2.23. The van der Waals surface area contributed by atoms with Gasteiger partial charge >= 0.3 is 5.97 Å². The predicted molar refractivity (Wildman–Crippen MR) is 55.6 cm³/mol. The first-order valence-electron chi connectivity index (χ1n) is 4.31. The Labute approximate surface area is 87.7 Å². The standard InChI is InChI=1S/C11H12O4/c1-14-10-6-4-3-5-8(10)9(12)7-11(13)15-2/h3-7,12H,1-2H3. The summed E-state index contributed by atoms with van der Waals surface area (Å²) in [5, 5.41) is 9.61. The second kappa shape index (κ2) is 5.05. The molecule has 0 amide bonds. The lowest BCUT2D eigenvalue weighted by atomic mass is 10.1. The minimum Gasteiger partial charge on any atom is -0.507 e. The summed E-state index contributed by atoms with van der Waals surface area (Å²) in [6.07, 6.45) is 0.998. The molecule has 0 spiro atoms. The molecule has 0 radical (unpaired) electrons. The molecule has 15 heavy (non-hydrogen) atoms. The number of hydrogen-bond acceptors (Lipinski definition) is 4. The number of carbonyl (C=O) groups is 1. The highest BCUT2D eigenvalue weighted by atomic mass is 16.5. The van der Waals surface area contributed by atoms with Crippen LogP contribution < -0.4 is 4.74 Å². The van der Waals surface area contributed by atoms with Crippen LogP contribution in [0.5, 0.6) is 5.75 Å². The van der Waals surface area contributed by atoms with E-state index in [1.54, 1.807) is 24.3 Å². The molecule has 1 aromatic rings. The first-order valence-corrected chi connectivity index (χ1v) is 4.31. The summed E-state index contributed by atoms with van der Waals surface area (Å²) in [7, 11) is 2.73. The second-order valence-corrected chi connectivity index (χ2v) is 2.75. The van der Waals surface area contributed by atoms with Gasteiger partial charge in [-0.2, -0.15) is 0 Å². The zero-order chi connectivity index (χ0) is 11.3. The summed E-state index contributed by atoms with van der Waals surface area (Å²) in [6, 6.07) is 6.84. The van der Waals surface area contributed by atoms with E-state index in [2.05, 4.69) is 4.74 Å². The number of aliphatic hydroxyl groups is 1. The number of para-hydroxylation sites is 1. The maximum absolute atomic E-state index is 10.9. The molecule has 0 aromatic heterocycles. The lowest BCUT2D eigenvalue weighted by Gasteiger charge is -2.06. The molecule has 0 saturated heterocycles. The minimum absolute atomic E-state index is 0.181. The zero-order valence-corrected chi connectivity index (χ0v) is 8.56. The van der Waals surface area contributed by atoms with Gasteiger partial charge in [0.2, 0.25) is 0 Å². The monoisotopic (exact) mass is 208 g/mol. The highest BCUT2D eigenvalue weighted by molar-refractivity contribution is 5.90. The molecular weight excluding hydrogens is 196 g/mol. The highest BCUT2D eigenvalue weighted by Gasteiger charge is 2.07. The Bertz CT molecular complexity index is 382. The van der Waals surface area contributed by atoms with Crippen LogP contribution >= 0.6 is 0 Å². The number of hydrogen-bond donors (Lipinski definition) is 1. The van der Waals surface area contributed by atoms with Crippen LogP contribution in [0.2, 0.25) is 0 Å². The van der Waals surface area contributed by atoms with Crippen LogP contribution in [-0.2, 0) is 9.53 Å². The molecule has 0 aliphatic rings. The molecule has 4 nitrogen and oxygen atoms in total. The van der Waals surface area contributed by atoms with Crippen molar-refractivity contribution >= 4 is 11.7 Å². The van der Waals surface area contributed by atoms with Gasteiger partial charge in [0.25, 0.3) is 0 Å². The molecule has 0 aliphatic carbocycles.